The Labute approximate surface area is 427 Å². The minimum atomic E-state index is -0.778. The van der Waals surface area contributed by atoms with Crippen LogP contribution in [-0.2, 0) is 39.8 Å². The third-order valence-corrected chi connectivity index (χ3v) is 14.2. The Morgan fingerprint density at radius 1 is 0.972 bits per heavy atom. The second kappa shape index (κ2) is 33.0. The number of likely N-dealkylation sites (N-methyl/N-ethyl adjacent to an activating group) is 1. The minimum Gasteiger partial charge on any atom is -0.508 e. The number of piperidine rings is 1. The molecular weight excluding hydrogens is 925 g/mol. The molecule has 1 aliphatic rings. The van der Waals surface area contributed by atoms with Crippen molar-refractivity contribution in [3.63, 3.8) is 0 Å². The maximum atomic E-state index is 14.8. The van der Waals surface area contributed by atoms with Crippen molar-refractivity contribution in [3.8, 4) is 18.1 Å². The van der Waals surface area contributed by atoms with Gasteiger partial charge in [-0.05, 0) is 88.1 Å². The Morgan fingerprint density at radius 2 is 1.72 bits per heavy atom. The van der Waals surface area contributed by atoms with Crippen LogP contribution in [0.4, 0.5) is 4.79 Å². The lowest BCUT2D eigenvalue weighted by molar-refractivity contribution is -0.145. The fraction of sp³-hybridized carbons (Fsp3) is 0.685. The van der Waals surface area contributed by atoms with Gasteiger partial charge in [0.05, 0.1) is 25.8 Å². The Hall–Kier alpha value is -4.89. The van der Waals surface area contributed by atoms with E-state index in [0.717, 1.165) is 50.6 Å². The number of alkyl carbamates (subject to hydrolysis) is 1. The molecule has 1 saturated heterocycles. The summed E-state index contributed by atoms with van der Waals surface area (Å²) in [7, 11) is 2.01. The van der Waals surface area contributed by atoms with Crippen LogP contribution in [0.2, 0.25) is 0 Å². The number of rotatable bonds is 34. The number of terminal acetylenes is 1. The molecule has 3 rings (SSSR count). The summed E-state index contributed by atoms with van der Waals surface area (Å²) in [5.41, 5.74) is 1.03. The molecule has 0 aliphatic carbocycles. The first-order valence-corrected chi connectivity index (χ1v) is 26.8. The highest BCUT2D eigenvalue weighted by atomic mass is 32.1. The van der Waals surface area contributed by atoms with Gasteiger partial charge in [0.25, 0.3) is 5.91 Å². The van der Waals surface area contributed by atoms with E-state index in [9.17, 15) is 33.9 Å². The molecule has 71 heavy (non-hydrogen) atoms. The second-order valence-corrected chi connectivity index (χ2v) is 20.2. The van der Waals surface area contributed by atoms with Gasteiger partial charge in [-0.3, -0.25) is 28.9 Å². The van der Waals surface area contributed by atoms with Gasteiger partial charge >= 0.3 is 6.09 Å². The number of Topliss-reactive ketones (excluding diaryl/α,β-unsaturated/α-hetero) is 2. The SMILES string of the molecule is C#CCCCC(=O)NCCOCCOC(=O)NCC(=O)[C@@H](C)C[C@H](Cc1ccc(O)cc1)NC(=O)c1csc([C@@H](C[C@H](C(C)C)N(CCC)C(=O)[C@@H](CC(=O)[C@H]2CCCCN2C)[C@@H](C)CC)OCCC)n1. The number of benzene rings is 1. The zero-order valence-corrected chi connectivity index (χ0v) is 44.6. The highest BCUT2D eigenvalue weighted by Crippen LogP contribution is 2.34. The van der Waals surface area contributed by atoms with Crippen molar-refractivity contribution in [1.82, 2.24) is 30.7 Å². The zero-order valence-electron chi connectivity index (χ0n) is 43.8. The summed E-state index contributed by atoms with van der Waals surface area (Å²) in [6.07, 6.45) is 11.9. The number of ketones is 2. The quantitative estimate of drug-likeness (QED) is 0.0394. The summed E-state index contributed by atoms with van der Waals surface area (Å²) in [4.78, 5) is 89.1. The molecule has 0 saturated carbocycles. The van der Waals surface area contributed by atoms with Crippen LogP contribution in [-0.4, -0.2) is 133 Å². The molecule has 2 aromatic rings. The summed E-state index contributed by atoms with van der Waals surface area (Å²) in [5, 5.41) is 20.6. The molecule has 396 valence electrons. The smallest absolute Gasteiger partial charge is 0.407 e. The molecule has 16 nitrogen and oxygen atoms in total. The van der Waals surface area contributed by atoms with Crippen LogP contribution in [0, 0.1) is 36.0 Å². The molecule has 0 unspecified atom stereocenters. The maximum Gasteiger partial charge on any atom is 0.407 e. The van der Waals surface area contributed by atoms with Gasteiger partial charge in [0.2, 0.25) is 11.8 Å². The number of likely N-dealkylation sites (tertiary alicyclic amines) is 1. The van der Waals surface area contributed by atoms with Gasteiger partial charge in [0, 0.05) is 74.7 Å². The highest BCUT2D eigenvalue weighted by Gasteiger charge is 2.38. The van der Waals surface area contributed by atoms with Crippen molar-refractivity contribution in [2.45, 2.75) is 156 Å². The van der Waals surface area contributed by atoms with Crippen LogP contribution in [0.3, 0.4) is 0 Å². The van der Waals surface area contributed by atoms with Gasteiger partial charge in [-0.1, -0.05) is 73.4 Å². The number of hydrogen-bond donors (Lipinski definition) is 4. The van der Waals surface area contributed by atoms with E-state index in [4.69, 9.17) is 25.6 Å². The number of nitrogens with one attached hydrogen (secondary N) is 3. The number of hydrogen-bond acceptors (Lipinski definition) is 13. The number of carbonyl (C=O) groups excluding carboxylic acids is 6. The number of thiazole rings is 1. The van der Waals surface area contributed by atoms with Gasteiger partial charge in [0.15, 0.2) is 11.6 Å². The van der Waals surface area contributed by atoms with Gasteiger partial charge in [-0.2, -0.15) is 0 Å². The number of aromatic hydroxyl groups is 1. The largest absolute Gasteiger partial charge is 0.508 e. The van der Waals surface area contributed by atoms with E-state index < -0.39 is 36.0 Å². The molecule has 17 heteroatoms. The monoisotopic (exact) mass is 1010 g/mol. The topological polar surface area (TPSA) is 206 Å². The lowest BCUT2D eigenvalue weighted by Gasteiger charge is -2.40. The Morgan fingerprint density at radius 3 is 2.38 bits per heavy atom. The van der Waals surface area contributed by atoms with Crippen LogP contribution in [0.5, 0.6) is 5.75 Å². The van der Waals surface area contributed by atoms with Crippen molar-refractivity contribution in [2.24, 2.45) is 23.7 Å². The van der Waals surface area contributed by atoms with Gasteiger partial charge < -0.3 is 40.2 Å². The number of nitrogens with zero attached hydrogens (tertiary/aromatic N) is 3. The molecule has 0 spiro atoms. The number of phenolic OH excluding ortho intramolecular Hbond substituents is 1. The highest BCUT2D eigenvalue weighted by molar-refractivity contribution is 7.09. The summed E-state index contributed by atoms with van der Waals surface area (Å²) in [5.74, 6) is 1.01. The molecule has 4 N–H and O–H groups in total. The lowest BCUT2D eigenvalue weighted by atomic mass is 9.82. The Balaban J connectivity index is 1.70. The predicted octanol–water partition coefficient (Wildman–Crippen LogP) is 7.67. The summed E-state index contributed by atoms with van der Waals surface area (Å²) < 4.78 is 17.0. The molecule has 1 aromatic carbocycles. The minimum absolute atomic E-state index is 0.00794. The molecular formula is C54H84N6O10S. The van der Waals surface area contributed by atoms with Crippen LogP contribution >= 0.6 is 11.3 Å². The Kier molecular flexibility index (Phi) is 28.0. The molecule has 1 aliphatic heterocycles. The van der Waals surface area contributed by atoms with Gasteiger partial charge in [-0.25, -0.2) is 9.78 Å². The summed E-state index contributed by atoms with van der Waals surface area (Å²) in [6, 6.07) is 5.73. The van der Waals surface area contributed by atoms with E-state index in [1.165, 1.54) is 11.3 Å². The summed E-state index contributed by atoms with van der Waals surface area (Å²) in [6.45, 7) is 16.4. The maximum absolute atomic E-state index is 14.8. The average Bonchev–Trinajstić information content (AvgIpc) is 3.85. The van der Waals surface area contributed by atoms with Crippen molar-refractivity contribution in [2.75, 3.05) is 59.7 Å². The van der Waals surface area contributed by atoms with E-state index in [0.29, 0.717) is 56.8 Å². The molecule has 0 radical (unpaired) electrons. The van der Waals surface area contributed by atoms with Gasteiger partial charge in [-0.15, -0.1) is 23.7 Å². The van der Waals surface area contributed by atoms with Crippen molar-refractivity contribution in [3.05, 3.63) is 45.9 Å². The second-order valence-electron chi connectivity index (χ2n) is 19.3. The number of phenols is 1. The van der Waals surface area contributed by atoms with E-state index in [2.05, 4.69) is 61.4 Å². The average molecular weight is 1010 g/mol. The fourth-order valence-electron chi connectivity index (χ4n) is 8.87. The van der Waals surface area contributed by atoms with E-state index in [1.807, 2.05) is 18.9 Å². The van der Waals surface area contributed by atoms with Crippen LogP contribution < -0.4 is 16.0 Å². The van der Waals surface area contributed by atoms with Crippen molar-refractivity contribution in [1.29, 1.82) is 0 Å². The first-order valence-electron chi connectivity index (χ1n) is 25.9. The molecule has 2 heterocycles. The fourth-order valence-corrected chi connectivity index (χ4v) is 9.73. The van der Waals surface area contributed by atoms with Gasteiger partial charge in [0.1, 0.15) is 29.2 Å². The van der Waals surface area contributed by atoms with Crippen molar-refractivity contribution >= 4 is 46.7 Å². The lowest BCUT2D eigenvalue weighted by Crippen LogP contribution is -2.50. The third kappa shape index (κ3) is 21.4. The number of amides is 4. The van der Waals surface area contributed by atoms with Crippen molar-refractivity contribution < 1.29 is 48.1 Å². The van der Waals surface area contributed by atoms with Crippen LogP contribution in [0.1, 0.15) is 153 Å². The number of carbonyl (C=O) groups is 6. The number of ether oxygens (including phenoxy) is 3. The molecule has 4 amide bonds. The van der Waals surface area contributed by atoms with Crippen LogP contribution in [0.25, 0.3) is 0 Å². The Bertz CT molecular complexity index is 1990. The normalized spacial score (nSPS) is 16.4. The predicted molar refractivity (Wildman–Crippen MR) is 277 cm³/mol. The summed E-state index contributed by atoms with van der Waals surface area (Å²) >= 11 is 1.33. The van der Waals surface area contributed by atoms with E-state index in [1.54, 1.807) is 36.6 Å². The third-order valence-electron chi connectivity index (χ3n) is 13.2. The zero-order chi connectivity index (χ0) is 52.3. The number of aromatic nitrogens is 1. The van der Waals surface area contributed by atoms with E-state index in [-0.39, 0.29) is 98.0 Å². The standard InChI is InChI=1S/C54H84N6O10S/c1-10-14-15-19-50(64)55-24-28-68-29-30-70-54(67)56-35-48(63)39(8)31-41(32-40-20-22-42(61)23-21-40)57-51(65)44-36-71-52(58-44)49(69-27-12-3)34-46(37(5)6)60(25-11-2)53(66)43(38(7)13-4)33-47(62)45-18-16-17-26-59(45)9/h1,20-23,36-39,41,43,45-46,49,61H,11-19,24-35H2,2-9H3,(H,55,64)(H,56,67)(H,57,65)/t38-,39-,41+,43-,45+,46+,49+/m0/s1. The van der Waals surface area contributed by atoms with Crippen LogP contribution in [0.15, 0.2) is 29.6 Å². The molecule has 1 fully saturated rings. The first-order chi connectivity index (χ1) is 34.0. The van der Waals surface area contributed by atoms with E-state index >= 15 is 0 Å². The first kappa shape index (κ1) is 60.4. The molecule has 7 atom stereocenters. The number of unbranched alkanes of at least 4 members (excludes halogenated alkanes) is 1. The molecule has 1 aromatic heterocycles. The molecule has 0 bridgehead atoms.